The van der Waals surface area contributed by atoms with Gasteiger partial charge in [0.15, 0.2) is 4.34 Å². The molecule has 1 heterocycles. The van der Waals surface area contributed by atoms with E-state index < -0.39 is 21.2 Å². The summed E-state index contributed by atoms with van der Waals surface area (Å²) in [4.78, 5) is 17.3. The molecule has 0 bridgehead atoms. The van der Waals surface area contributed by atoms with E-state index in [1.54, 1.807) is 24.3 Å². The average molecular weight is 455 g/mol. The van der Waals surface area contributed by atoms with Crippen LogP contribution in [0, 0.1) is 6.92 Å². The van der Waals surface area contributed by atoms with Gasteiger partial charge in [0.05, 0.1) is 20.4 Å². The Balaban J connectivity index is 1.78. The highest BCUT2D eigenvalue weighted by atomic mass is 35.5. The van der Waals surface area contributed by atoms with Crippen LogP contribution in [0.3, 0.4) is 0 Å². The first kappa shape index (κ1) is 21.1. The van der Waals surface area contributed by atoms with Crippen LogP contribution >= 0.6 is 34.7 Å². The first-order valence-corrected chi connectivity index (χ1v) is 12.2. The second-order valence-corrected chi connectivity index (χ2v) is 10.9. The van der Waals surface area contributed by atoms with Crippen LogP contribution in [-0.2, 0) is 14.8 Å². The van der Waals surface area contributed by atoms with E-state index in [0.717, 1.165) is 22.2 Å². The van der Waals surface area contributed by atoms with Gasteiger partial charge in [0, 0.05) is 5.02 Å². The maximum absolute atomic E-state index is 12.7. The zero-order valence-electron chi connectivity index (χ0n) is 15.3. The van der Waals surface area contributed by atoms with Gasteiger partial charge in [-0.05, 0) is 43.7 Å². The molecule has 1 amide bonds. The highest BCUT2D eigenvalue weighted by Crippen LogP contribution is 2.34. The largest absolute Gasteiger partial charge is 0.273 e. The lowest BCUT2D eigenvalue weighted by molar-refractivity contribution is -0.118. The van der Waals surface area contributed by atoms with Crippen molar-refractivity contribution in [3.05, 3.63) is 53.1 Å². The molecule has 1 aromatic heterocycles. The van der Waals surface area contributed by atoms with Crippen molar-refractivity contribution in [2.75, 3.05) is 0 Å². The molecule has 0 radical (unpaired) electrons. The molecule has 3 rings (SSSR count). The van der Waals surface area contributed by atoms with Gasteiger partial charge >= 0.3 is 0 Å². The van der Waals surface area contributed by atoms with Crippen LogP contribution in [0.2, 0.25) is 5.02 Å². The second kappa shape index (κ2) is 8.82. The van der Waals surface area contributed by atoms with Crippen LogP contribution in [0.5, 0.6) is 0 Å². The van der Waals surface area contributed by atoms with Gasteiger partial charge in [0.1, 0.15) is 0 Å². The van der Waals surface area contributed by atoms with E-state index in [-0.39, 0.29) is 4.90 Å². The summed E-state index contributed by atoms with van der Waals surface area (Å²) in [6.07, 6.45) is 1.28. The molecule has 148 valence electrons. The average Bonchev–Trinajstić information content (AvgIpc) is 3.02. The highest BCUT2D eigenvalue weighted by molar-refractivity contribution is 8.02. The summed E-state index contributed by atoms with van der Waals surface area (Å²) >= 11 is 8.74. The van der Waals surface area contributed by atoms with E-state index in [9.17, 15) is 13.2 Å². The molecule has 2 aromatic carbocycles. The molecule has 0 aliphatic rings. The number of nitrogens with zero attached hydrogens (tertiary/aromatic N) is 1. The van der Waals surface area contributed by atoms with Crippen molar-refractivity contribution >= 4 is 60.8 Å². The molecule has 1 atom stereocenters. The topological polar surface area (TPSA) is 76.1 Å². The Hall–Kier alpha value is -1.61. The Morgan fingerprint density at radius 3 is 2.64 bits per heavy atom. The van der Waals surface area contributed by atoms with Gasteiger partial charge in [0.2, 0.25) is 5.91 Å². The maximum Gasteiger partial charge on any atom is 0.264 e. The lowest BCUT2D eigenvalue weighted by Gasteiger charge is -2.14. The van der Waals surface area contributed by atoms with E-state index in [1.165, 1.54) is 35.2 Å². The fourth-order valence-electron chi connectivity index (χ4n) is 2.53. The van der Waals surface area contributed by atoms with Crippen molar-refractivity contribution in [1.82, 2.24) is 9.71 Å². The molecule has 1 N–H and O–H groups in total. The molecule has 1 unspecified atom stereocenters. The molecule has 0 saturated heterocycles. The Labute approximate surface area is 177 Å². The number of thioether (sulfide) groups is 1. The number of carbonyl (C=O) groups is 1. The van der Waals surface area contributed by atoms with Gasteiger partial charge in [-0.2, -0.15) is 0 Å². The number of sulfonamides is 1. The Bertz CT molecular complexity index is 1100. The van der Waals surface area contributed by atoms with Crippen molar-refractivity contribution in [3.63, 3.8) is 0 Å². The van der Waals surface area contributed by atoms with Crippen LogP contribution < -0.4 is 4.72 Å². The summed E-state index contributed by atoms with van der Waals surface area (Å²) < 4.78 is 28.9. The zero-order chi connectivity index (χ0) is 20.3. The minimum absolute atomic E-state index is 0.0707. The molecule has 5 nitrogen and oxygen atoms in total. The number of hydrogen-bond donors (Lipinski definition) is 1. The third-order valence-corrected chi connectivity index (χ3v) is 7.98. The van der Waals surface area contributed by atoms with Gasteiger partial charge in [0.25, 0.3) is 10.0 Å². The predicted octanol–water partition coefficient (Wildman–Crippen LogP) is 5.02. The SMILES string of the molecule is CCCC(Sc1nc2cc(Cl)ccc2s1)C(=O)NS(=O)(=O)c1ccc(C)cc1. The fraction of sp³-hybridized carbons (Fsp3) is 0.263. The van der Waals surface area contributed by atoms with Gasteiger partial charge in [-0.25, -0.2) is 18.1 Å². The second-order valence-electron chi connectivity index (χ2n) is 6.27. The fourth-order valence-corrected chi connectivity index (χ4v) is 6.19. The summed E-state index contributed by atoms with van der Waals surface area (Å²) in [6.45, 7) is 3.82. The highest BCUT2D eigenvalue weighted by Gasteiger charge is 2.26. The van der Waals surface area contributed by atoms with E-state index in [0.29, 0.717) is 15.8 Å². The number of hydrogen-bond acceptors (Lipinski definition) is 6. The molecule has 0 aliphatic heterocycles. The number of rotatable bonds is 7. The van der Waals surface area contributed by atoms with Crippen LogP contribution in [0.15, 0.2) is 51.7 Å². The Morgan fingerprint density at radius 2 is 1.96 bits per heavy atom. The minimum Gasteiger partial charge on any atom is -0.273 e. The molecule has 9 heteroatoms. The van der Waals surface area contributed by atoms with Crippen LogP contribution in [0.4, 0.5) is 0 Å². The van der Waals surface area contributed by atoms with Crippen molar-refractivity contribution in [1.29, 1.82) is 0 Å². The van der Waals surface area contributed by atoms with Gasteiger partial charge in [-0.15, -0.1) is 11.3 Å². The number of halogens is 1. The number of aromatic nitrogens is 1. The van der Waals surface area contributed by atoms with Crippen LogP contribution in [-0.4, -0.2) is 24.6 Å². The number of benzene rings is 2. The Kier molecular flexibility index (Phi) is 6.65. The Morgan fingerprint density at radius 1 is 1.25 bits per heavy atom. The smallest absolute Gasteiger partial charge is 0.264 e. The lowest BCUT2D eigenvalue weighted by Crippen LogP contribution is -2.37. The normalized spacial score (nSPS) is 12.8. The molecule has 0 spiro atoms. The number of thiazole rings is 1. The summed E-state index contributed by atoms with van der Waals surface area (Å²) in [5.41, 5.74) is 1.71. The van der Waals surface area contributed by atoms with E-state index in [1.807, 2.05) is 19.9 Å². The number of amides is 1. The summed E-state index contributed by atoms with van der Waals surface area (Å²) in [7, 11) is -3.91. The third-order valence-electron chi connectivity index (χ3n) is 3.98. The van der Waals surface area contributed by atoms with Gasteiger partial charge in [-0.3, -0.25) is 4.79 Å². The van der Waals surface area contributed by atoms with Crippen molar-refractivity contribution in [2.45, 2.75) is 41.2 Å². The minimum atomic E-state index is -3.91. The monoisotopic (exact) mass is 454 g/mol. The number of carbonyl (C=O) groups excluding carboxylic acids is 1. The quantitative estimate of drug-likeness (QED) is 0.507. The standard InChI is InChI=1S/C19H19ClN2O3S3/c1-3-4-17(27-19-21-15-11-13(20)7-10-16(15)26-19)18(23)22-28(24,25)14-8-5-12(2)6-9-14/h5-11,17H,3-4H2,1-2H3,(H,22,23). The van der Waals surface area contributed by atoms with Crippen molar-refractivity contribution in [3.8, 4) is 0 Å². The molecular weight excluding hydrogens is 436 g/mol. The zero-order valence-corrected chi connectivity index (χ0v) is 18.5. The molecule has 0 aliphatic carbocycles. The lowest BCUT2D eigenvalue weighted by atomic mass is 10.2. The van der Waals surface area contributed by atoms with Crippen LogP contribution in [0.1, 0.15) is 25.3 Å². The molecule has 3 aromatic rings. The molecule has 28 heavy (non-hydrogen) atoms. The number of aryl methyl sites for hydroxylation is 1. The van der Waals surface area contributed by atoms with Gasteiger partial charge in [-0.1, -0.05) is 54.4 Å². The van der Waals surface area contributed by atoms with Crippen LogP contribution in [0.25, 0.3) is 10.2 Å². The number of nitrogens with one attached hydrogen (secondary N) is 1. The first-order valence-electron chi connectivity index (χ1n) is 8.64. The van der Waals surface area contributed by atoms with E-state index in [2.05, 4.69) is 9.71 Å². The maximum atomic E-state index is 12.7. The molecule has 0 saturated carbocycles. The number of fused-ring (bicyclic) bond motifs is 1. The third kappa shape index (κ3) is 5.05. The molecule has 0 fully saturated rings. The predicted molar refractivity (Wildman–Crippen MR) is 116 cm³/mol. The summed E-state index contributed by atoms with van der Waals surface area (Å²) in [5, 5.41) is 0.0441. The van der Waals surface area contributed by atoms with Crippen molar-refractivity contribution in [2.24, 2.45) is 0 Å². The molecular formula is C19H19ClN2O3S3. The summed E-state index contributed by atoms with van der Waals surface area (Å²) in [6, 6.07) is 11.8. The van der Waals surface area contributed by atoms with E-state index in [4.69, 9.17) is 11.6 Å². The van der Waals surface area contributed by atoms with E-state index >= 15 is 0 Å². The first-order chi connectivity index (χ1) is 13.3. The van der Waals surface area contributed by atoms with Crippen molar-refractivity contribution < 1.29 is 13.2 Å². The van der Waals surface area contributed by atoms with Gasteiger partial charge < -0.3 is 0 Å². The summed E-state index contributed by atoms with van der Waals surface area (Å²) in [5.74, 6) is -0.537.